The first-order valence-corrected chi connectivity index (χ1v) is 7.03. The van der Waals surface area contributed by atoms with Crippen molar-refractivity contribution in [3.05, 3.63) is 46.7 Å². The molecule has 0 saturated heterocycles. The van der Waals surface area contributed by atoms with Gasteiger partial charge in [0.1, 0.15) is 5.69 Å². The van der Waals surface area contributed by atoms with Crippen LogP contribution < -0.4 is 11.1 Å². The molecule has 2 aromatic rings. The van der Waals surface area contributed by atoms with Crippen molar-refractivity contribution in [2.45, 2.75) is 32.9 Å². The topological polar surface area (TPSA) is 72.9 Å². The zero-order valence-corrected chi connectivity index (χ0v) is 13.1. The van der Waals surface area contributed by atoms with Crippen LogP contribution in [0.5, 0.6) is 0 Å². The molecule has 0 spiro atoms. The summed E-state index contributed by atoms with van der Waals surface area (Å²) >= 11 is 6.30. The Morgan fingerprint density at radius 2 is 2.10 bits per heavy atom. The first-order chi connectivity index (χ1) is 9.76. The number of aromatic nitrogens is 2. The van der Waals surface area contributed by atoms with E-state index in [-0.39, 0.29) is 11.2 Å². The van der Waals surface area contributed by atoms with E-state index in [1.807, 2.05) is 18.2 Å². The molecule has 1 heterocycles. The van der Waals surface area contributed by atoms with Crippen LogP contribution in [0.4, 0.5) is 0 Å². The number of carbonyl (C=O) groups excluding carboxylic acids is 1. The summed E-state index contributed by atoms with van der Waals surface area (Å²) in [7, 11) is 0. The Bertz CT molecular complexity index is 658. The van der Waals surface area contributed by atoms with Crippen molar-refractivity contribution in [3.8, 4) is 5.69 Å². The van der Waals surface area contributed by atoms with E-state index in [0.29, 0.717) is 10.7 Å². The van der Waals surface area contributed by atoms with Crippen LogP contribution in [0.3, 0.4) is 0 Å². The fourth-order valence-corrected chi connectivity index (χ4v) is 2.09. The highest BCUT2D eigenvalue weighted by atomic mass is 35.5. The van der Waals surface area contributed by atoms with Gasteiger partial charge in [-0.15, -0.1) is 0 Å². The lowest BCUT2D eigenvalue weighted by molar-refractivity contribution is 0.0995. The molecule has 1 amide bonds. The zero-order chi connectivity index (χ0) is 15.6. The van der Waals surface area contributed by atoms with E-state index in [9.17, 15) is 4.79 Å². The largest absolute Gasteiger partial charge is 0.364 e. The van der Waals surface area contributed by atoms with Gasteiger partial charge in [0, 0.05) is 18.3 Å². The summed E-state index contributed by atoms with van der Waals surface area (Å²) in [6, 6.07) is 7.31. The predicted octanol–water partition coefficient (Wildman–Crippen LogP) is 2.51. The second-order valence-electron chi connectivity index (χ2n) is 5.90. The Balaban J connectivity index is 2.20. The molecule has 2 rings (SSSR count). The third kappa shape index (κ3) is 4.06. The lowest BCUT2D eigenvalue weighted by atomic mass is 10.1. The minimum absolute atomic E-state index is 0.0452. The molecule has 0 atom stereocenters. The summed E-state index contributed by atoms with van der Waals surface area (Å²) in [5, 5.41) is 8.07. The Morgan fingerprint density at radius 1 is 1.38 bits per heavy atom. The lowest BCUT2D eigenvalue weighted by Crippen LogP contribution is -2.35. The predicted molar refractivity (Wildman–Crippen MR) is 83.7 cm³/mol. The smallest absolute Gasteiger partial charge is 0.269 e. The van der Waals surface area contributed by atoms with Crippen LogP contribution in [0.2, 0.25) is 5.02 Å². The SMILES string of the molecule is CC(C)(C)NCc1ccc(-n2ccc(C(N)=O)n2)c(Cl)c1. The molecule has 21 heavy (non-hydrogen) atoms. The number of nitrogens with zero attached hydrogens (tertiary/aromatic N) is 2. The fourth-order valence-electron chi connectivity index (χ4n) is 1.80. The molecule has 0 fully saturated rings. The molecule has 0 aliphatic carbocycles. The van der Waals surface area contributed by atoms with Crippen molar-refractivity contribution in [3.63, 3.8) is 0 Å². The highest BCUT2D eigenvalue weighted by Gasteiger charge is 2.11. The number of hydrogen-bond acceptors (Lipinski definition) is 3. The maximum Gasteiger partial charge on any atom is 0.269 e. The number of nitrogens with two attached hydrogens (primary N) is 1. The maximum absolute atomic E-state index is 11.1. The van der Waals surface area contributed by atoms with Crippen molar-refractivity contribution in [1.29, 1.82) is 0 Å². The molecule has 1 aromatic carbocycles. The fraction of sp³-hybridized carbons (Fsp3) is 0.333. The van der Waals surface area contributed by atoms with Crippen molar-refractivity contribution in [2.24, 2.45) is 5.73 Å². The monoisotopic (exact) mass is 306 g/mol. The number of amides is 1. The molecular formula is C15H19ClN4O. The highest BCUT2D eigenvalue weighted by Crippen LogP contribution is 2.22. The molecule has 3 N–H and O–H groups in total. The third-order valence-corrected chi connectivity index (χ3v) is 3.23. The van der Waals surface area contributed by atoms with Crippen LogP contribution in [0.15, 0.2) is 30.5 Å². The quantitative estimate of drug-likeness (QED) is 0.911. The van der Waals surface area contributed by atoms with E-state index in [4.69, 9.17) is 17.3 Å². The number of benzene rings is 1. The Hall–Kier alpha value is -1.85. The molecule has 0 saturated carbocycles. The summed E-state index contributed by atoms with van der Waals surface area (Å²) in [6.07, 6.45) is 1.66. The van der Waals surface area contributed by atoms with Crippen molar-refractivity contribution >= 4 is 17.5 Å². The Labute approximate surface area is 129 Å². The minimum Gasteiger partial charge on any atom is -0.364 e. The average Bonchev–Trinajstić information content (AvgIpc) is 2.85. The van der Waals surface area contributed by atoms with Gasteiger partial charge in [-0.05, 0) is 44.5 Å². The molecule has 0 radical (unpaired) electrons. The normalized spacial score (nSPS) is 11.6. The Kier molecular flexibility index (Phi) is 4.34. The number of carbonyl (C=O) groups is 1. The van der Waals surface area contributed by atoms with E-state index < -0.39 is 5.91 Å². The summed E-state index contributed by atoms with van der Waals surface area (Å²) in [5.41, 5.74) is 7.25. The van der Waals surface area contributed by atoms with Gasteiger partial charge in [-0.2, -0.15) is 5.10 Å². The summed E-state index contributed by atoms with van der Waals surface area (Å²) < 4.78 is 1.55. The first-order valence-electron chi connectivity index (χ1n) is 6.65. The highest BCUT2D eigenvalue weighted by molar-refractivity contribution is 6.32. The molecule has 0 aliphatic rings. The second kappa shape index (κ2) is 5.87. The van der Waals surface area contributed by atoms with Crippen LogP contribution in [0.25, 0.3) is 5.69 Å². The van der Waals surface area contributed by atoms with Gasteiger partial charge in [0.2, 0.25) is 0 Å². The molecule has 112 valence electrons. The van der Waals surface area contributed by atoms with E-state index in [1.54, 1.807) is 16.9 Å². The minimum atomic E-state index is -0.559. The molecule has 0 bridgehead atoms. The number of primary amides is 1. The van der Waals surface area contributed by atoms with Crippen LogP contribution >= 0.6 is 11.6 Å². The average molecular weight is 307 g/mol. The van der Waals surface area contributed by atoms with Gasteiger partial charge in [0.25, 0.3) is 5.91 Å². The van der Waals surface area contributed by atoms with Gasteiger partial charge in [-0.1, -0.05) is 17.7 Å². The molecule has 0 unspecified atom stereocenters. The first kappa shape index (κ1) is 15.5. The molecule has 1 aromatic heterocycles. The Morgan fingerprint density at radius 3 is 2.62 bits per heavy atom. The maximum atomic E-state index is 11.1. The van der Waals surface area contributed by atoms with Crippen LogP contribution in [0, 0.1) is 0 Å². The molecule has 6 heteroatoms. The third-order valence-electron chi connectivity index (χ3n) is 2.92. The molecular weight excluding hydrogens is 288 g/mol. The van der Waals surface area contributed by atoms with Gasteiger partial charge in [-0.3, -0.25) is 4.79 Å². The number of rotatable bonds is 4. The lowest BCUT2D eigenvalue weighted by Gasteiger charge is -2.20. The van der Waals surface area contributed by atoms with Crippen molar-refractivity contribution < 1.29 is 4.79 Å². The van der Waals surface area contributed by atoms with Gasteiger partial charge in [-0.25, -0.2) is 4.68 Å². The van der Waals surface area contributed by atoms with E-state index >= 15 is 0 Å². The summed E-state index contributed by atoms with van der Waals surface area (Å²) in [5.74, 6) is -0.559. The van der Waals surface area contributed by atoms with E-state index in [0.717, 1.165) is 12.1 Å². The molecule has 0 aliphatic heterocycles. The summed E-state index contributed by atoms with van der Waals surface area (Å²) in [6.45, 7) is 7.06. The summed E-state index contributed by atoms with van der Waals surface area (Å²) in [4.78, 5) is 11.1. The number of hydrogen-bond donors (Lipinski definition) is 2. The number of halogens is 1. The van der Waals surface area contributed by atoms with Crippen molar-refractivity contribution in [2.75, 3.05) is 0 Å². The van der Waals surface area contributed by atoms with E-state index in [1.165, 1.54) is 0 Å². The van der Waals surface area contributed by atoms with Gasteiger partial charge < -0.3 is 11.1 Å². The standard InChI is InChI=1S/C15H19ClN4O/c1-15(2,3)18-9-10-4-5-13(11(16)8-10)20-7-6-12(19-20)14(17)21/h4-8,18H,9H2,1-3H3,(H2,17,21). The molecule has 5 nitrogen and oxygen atoms in total. The second-order valence-corrected chi connectivity index (χ2v) is 6.31. The van der Waals surface area contributed by atoms with Crippen LogP contribution in [0.1, 0.15) is 36.8 Å². The number of nitrogens with one attached hydrogen (secondary N) is 1. The van der Waals surface area contributed by atoms with Gasteiger partial charge >= 0.3 is 0 Å². The van der Waals surface area contributed by atoms with Gasteiger partial charge in [0.05, 0.1) is 10.7 Å². The van der Waals surface area contributed by atoms with Crippen LogP contribution in [-0.2, 0) is 6.54 Å². The zero-order valence-electron chi connectivity index (χ0n) is 12.4. The van der Waals surface area contributed by atoms with Gasteiger partial charge in [0.15, 0.2) is 0 Å². The van der Waals surface area contributed by atoms with E-state index in [2.05, 4.69) is 31.2 Å². The van der Waals surface area contributed by atoms with Crippen molar-refractivity contribution in [1.82, 2.24) is 15.1 Å². The van der Waals surface area contributed by atoms with Crippen LogP contribution in [-0.4, -0.2) is 21.2 Å².